The summed E-state index contributed by atoms with van der Waals surface area (Å²) in [5.74, 6) is -0.952. The number of hydrogen-bond donors (Lipinski definition) is 1. The van der Waals surface area contributed by atoms with Crippen LogP contribution in [0, 0.1) is 23.2 Å². The van der Waals surface area contributed by atoms with Crippen LogP contribution in [0.1, 0.15) is 13.3 Å². The fraction of sp³-hybridized carbons (Fsp3) is 0.727. The second-order valence-corrected chi connectivity index (χ2v) is 4.56. The van der Waals surface area contributed by atoms with E-state index in [1.165, 1.54) is 4.90 Å². The maximum atomic E-state index is 11.8. The van der Waals surface area contributed by atoms with E-state index in [1.807, 2.05) is 0 Å². The van der Waals surface area contributed by atoms with Crippen LogP contribution in [0.5, 0.6) is 0 Å². The molecule has 1 saturated heterocycles. The number of nitriles is 1. The number of carbonyl (C=O) groups is 2. The molecule has 0 aromatic carbocycles. The van der Waals surface area contributed by atoms with E-state index in [1.54, 1.807) is 18.9 Å². The van der Waals surface area contributed by atoms with Gasteiger partial charge in [-0.25, -0.2) is 4.79 Å². The monoisotopic (exact) mass is 239 g/mol. The first-order chi connectivity index (χ1) is 7.93. The van der Waals surface area contributed by atoms with Gasteiger partial charge >= 0.3 is 12.0 Å². The molecule has 6 nitrogen and oxygen atoms in total. The molecule has 1 aliphatic heterocycles. The van der Waals surface area contributed by atoms with Crippen molar-refractivity contribution in [1.29, 1.82) is 5.26 Å². The minimum Gasteiger partial charge on any atom is -0.481 e. The molecule has 0 spiro atoms. The van der Waals surface area contributed by atoms with Crippen molar-refractivity contribution < 1.29 is 14.7 Å². The summed E-state index contributed by atoms with van der Waals surface area (Å²) in [4.78, 5) is 25.4. The number of nitrogens with zero attached hydrogens (tertiary/aromatic N) is 3. The summed E-state index contributed by atoms with van der Waals surface area (Å²) in [5, 5.41) is 17.2. The van der Waals surface area contributed by atoms with Crippen molar-refractivity contribution in [3.63, 3.8) is 0 Å². The Hall–Kier alpha value is -1.77. The lowest BCUT2D eigenvalue weighted by molar-refractivity contribution is -0.139. The number of likely N-dealkylation sites (tertiary alicyclic amines) is 1. The van der Waals surface area contributed by atoms with Gasteiger partial charge in [-0.3, -0.25) is 4.79 Å². The molecule has 1 atom stereocenters. The molecule has 1 fully saturated rings. The third kappa shape index (κ3) is 3.63. The number of carbonyl (C=O) groups excluding carboxylic acids is 1. The molecule has 1 aliphatic rings. The molecule has 0 aliphatic carbocycles. The van der Waals surface area contributed by atoms with Gasteiger partial charge in [0, 0.05) is 32.6 Å². The van der Waals surface area contributed by atoms with Gasteiger partial charge in [0.05, 0.1) is 18.4 Å². The second kappa shape index (κ2) is 5.53. The molecule has 1 unspecified atom stereocenters. The van der Waals surface area contributed by atoms with E-state index in [4.69, 9.17) is 10.4 Å². The highest BCUT2D eigenvalue weighted by atomic mass is 16.4. The van der Waals surface area contributed by atoms with Crippen LogP contribution in [0.4, 0.5) is 4.79 Å². The van der Waals surface area contributed by atoms with Gasteiger partial charge in [-0.05, 0) is 6.92 Å². The molecule has 6 heteroatoms. The van der Waals surface area contributed by atoms with Crippen LogP contribution in [0.3, 0.4) is 0 Å². The smallest absolute Gasteiger partial charge is 0.319 e. The largest absolute Gasteiger partial charge is 0.481 e. The van der Waals surface area contributed by atoms with Gasteiger partial charge in [0.15, 0.2) is 0 Å². The quantitative estimate of drug-likeness (QED) is 0.778. The van der Waals surface area contributed by atoms with Crippen molar-refractivity contribution in [2.24, 2.45) is 11.8 Å². The Morgan fingerprint density at radius 2 is 2.18 bits per heavy atom. The molecule has 1 N–H and O–H groups in total. The van der Waals surface area contributed by atoms with E-state index in [0.29, 0.717) is 19.6 Å². The van der Waals surface area contributed by atoms with Gasteiger partial charge < -0.3 is 14.9 Å². The van der Waals surface area contributed by atoms with E-state index in [2.05, 4.69) is 6.07 Å². The fourth-order valence-electron chi connectivity index (χ4n) is 1.87. The van der Waals surface area contributed by atoms with Crippen LogP contribution in [-0.2, 0) is 4.79 Å². The third-order valence-electron chi connectivity index (χ3n) is 2.79. The zero-order chi connectivity index (χ0) is 13.0. The minimum absolute atomic E-state index is 0.0678. The lowest BCUT2D eigenvalue weighted by Gasteiger charge is -2.40. The Labute approximate surface area is 100 Å². The first-order valence-corrected chi connectivity index (χ1v) is 5.55. The Balaban J connectivity index is 2.32. The van der Waals surface area contributed by atoms with Gasteiger partial charge in [0.25, 0.3) is 0 Å². The molecule has 1 rings (SSSR count). The first kappa shape index (κ1) is 13.3. The fourth-order valence-corrected chi connectivity index (χ4v) is 1.87. The SMILES string of the molecule is CC(C#N)CN(C)C(=O)N1CC(CC(=O)O)C1. The normalized spacial score (nSPS) is 16.9. The summed E-state index contributed by atoms with van der Waals surface area (Å²) in [7, 11) is 1.65. The minimum atomic E-state index is -0.825. The van der Waals surface area contributed by atoms with E-state index < -0.39 is 5.97 Å². The average molecular weight is 239 g/mol. The highest BCUT2D eigenvalue weighted by molar-refractivity contribution is 5.75. The summed E-state index contributed by atoms with van der Waals surface area (Å²) in [6, 6.07) is 1.94. The van der Waals surface area contributed by atoms with E-state index >= 15 is 0 Å². The van der Waals surface area contributed by atoms with E-state index in [-0.39, 0.29) is 24.3 Å². The maximum Gasteiger partial charge on any atom is 0.319 e. The zero-order valence-corrected chi connectivity index (χ0v) is 10.1. The van der Waals surface area contributed by atoms with Crippen LogP contribution in [0.25, 0.3) is 0 Å². The summed E-state index contributed by atoms with van der Waals surface area (Å²) < 4.78 is 0. The summed E-state index contributed by atoms with van der Waals surface area (Å²) >= 11 is 0. The molecule has 1 heterocycles. The van der Waals surface area contributed by atoms with Gasteiger partial charge in [0.1, 0.15) is 0 Å². The molecule has 0 aromatic rings. The summed E-state index contributed by atoms with van der Waals surface area (Å²) in [5.41, 5.74) is 0. The molecule has 0 bridgehead atoms. The first-order valence-electron chi connectivity index (χ1n) is 5.55. The molecule has 0 aromatic heterocycles. The van der Waals surface area contributed by atoms with E-state index in [0.717, 1.165) is 0 Å². The van der Waals surface area contributed by atoms with Crippen molar-refractivity contribution in [2.45, 2.75) is 13.3 Å². The number of rotatable bonds is 4. The molecule has 94 valence electrons. The van der Waals surface area contributed by atoms with Crippen LogP contribution in [0.2, 0.25) is 0 Å². The van der Waals surface area contributed by atoms with Gasteiger partial charge in [-0.1, -0.05) is 0 Å². The van der Waals surface area contributed by atoms with Crippen molar-refractivity contribution in [2.75, 3.05) is 26.7 Å². The molecule has 2 amide bonds. The third-order valence-corrected chi connectivity index (χ3v) is 2.79. The highest BCUT2D eigenvalue weighted by Gasteiger charge is 2.33. The molecule has 0 radical (unpaired) electrons. The van der Waals surface area contributed by atoms with Crippen molar-refractivity contribution in [3.8, 4) is 6.07 Å². The van der Waals surface area contributed by atoms with Crippen molar-refractivity contribution in [1.82, 2.24) is 9.80 Å². The Kier molecular flexibility index (Phi) is 4.32. The molecular weight excluding hydrogens is 222 g/mol. The van der Waals surface area contributed by atoms with Crippen LogP contribution < -0.4 is 0 Å². The Morgan fingerprint density at radius 3 is 2.65 bits per heavy atom. The number of carboxylic acids is 1. The molecular formula is C11H17N3O3. The van der Waals surface area contributed by atoms with E-state index in [9.17, 15) is 9.59 Å². The second-order valence-electron chi connectivity index (χ2n) is 4.56. The van der Waals surface area contributed by atoms with Gasteiger partial charge in [-0.15, -0.1) is 0 Å². The molecule has 17 heavy (non-hydrogen) atoms. The Morgan fingerprint density at radius 1 is 1.59 bits per heavy atom. The van der Waals surface area contributed by atoms with Gasteiger partial charge in [0.2, 0.25) is 0 Å². The zero-order valence-electron chi connectivity index (χ0n) is 10.1. The van der Waals surface area contributed by atoms with Crippen LogP contribution >= 0.6 is 0 Å². The summed E-state index contributed by atoms with van der Waals surface area (Å²) in [6.07, 6.45) is 0.113. The predicted octanol–water partition coefficient (Wildman–Crippen LogP) is 0.604. The number of carboxylic acid groups (broad SMARTS) is 1. The number of hydrogen-bond acceptors (Lipinski definition) is 3. The van der Waals surface area contributed by atoms with Crippen LogP contribution in [-0.4, -0.2) is 53.6 Å². The molecule has 0 saturated carbocycles. The highest BCUT2D eigenvalue weighted by Crippen LogP contribution is 2.20. The lowest BCUT2D eigenvalue weighted by Crippen LogP contribution is -2.55. The Bertz CT molecular complexity index is 344. The van der Waals surface area contributed by atoms with Crippen molar-refractivity contribution in [3.05, 3.63) is 0 Å². The topological polar surface area (TPSA) is 84.6 Å². The average Bonchev–Trinajstić information content (AvgIpc) is 2.21. The van der Waals surface area contributed by atoms with Crippen molar-refractivity contribution >= 4 is 12.0 Å². The summed E-state index contributed by atoms with van der Waals surface area (Å²) in [6.45, 7) is 3.15. The number of amides is 2. The lowest BCUT2D eigenvalue weighted by atomic mass is 9.97. The predicted molar refractivity (Wildman–Crippen MR) is 60.1 cm³/mol. The number of urea groups is 1. The van der Waals surface area contributed by atoms with Crippen LogP contribution in [0.15, 0.2) is 0 Å². The number of aliphatic carboxylic acids is 1. The standard InChI is InChI=1S/C11H17N3O3/c1-8(4-12)5-13(2)11(17)14-6-9(7-14)3-10(15)16/h8-9H,3,5-7H2,1-2H3,(H,15,16). The maximum absolute atomic E-state index is 11.8. The van der Waals surface area contributed by atoms with Gasteiger partial charge in [-0.2, -0.15) is 5.26 Å².